The molecule has 4 fully saturated rings. The Hall–Kier alpha value is -4.47. The number of aryl methyl sites for hydroxylation is 1. The molecule has 1 aromatic heterocycles. The molecule has 15 nitrogen and oxygen atoms in total. The monoisotopic (exact) mass is 794 g/mol. The summed E-state index contributed by atoms with van der Waals surface area (Å²) in [6.45, 7) is 9.23. The minimum Gasteiger partial charge on any atom is -0.497 e. The van der Waals surface area contributed by atoms with Gasteiger partial charge in [0, 0.05) is 18.4 Å². The summed E-state index contributed by atoms with van der Waals surface area (Å²) in [5, 5.41) is 5.03. The molecule has 2 aromatic rings. The number of benzene rings is 1. The molecule has 304 valence electrons. The van der Waals surface area contributed by atoms with Crippen LogP contribution in [0.2, 0.25) is 0 Å². The topological polar surface area (TPSA) is 195 Å². The van der Waals surface area contributed by atoms with Gasteiger partial charge < -0.3 is 29.7 Å². The van der Waals surface area contributed by atoms with E-state index in [1.165, 1.54) is 11.0 Å². The molecule has 0 radical (unpaired) electrons. The van der Waals surface area contributed by atoms with Gasteiger partial charge in [0.25, 0.3) is 5.91 Å². The Balaban J connectivity index is 1.23. The molecule has 7 atom stereocenters. The average Bonchev–Trinajstić information content (AvgIpc) is 4.04. The van der Waals surface area contributed by atoms with Crippen LogP contribution in [0.4, 0.5) is 4.79 Å². The van der Waals surface area contributed by atoms with Crippen LogP contribution in [0.15, 0.2) is 30.9 Å². The van der Waals surface area contributed by atoms with Crippen LogP contribution in [0.5, 0.6) is 11.6 Å². The second-order valence-electron chi connectivity index (χ2n) is 17.2. The van der Waals surface area contributed by atoms with Crippen LogP contribution in [-0.2, 0) is 35.6 Å². The van der Waals surface area contributed by atoms with E-state index in [0.717, 1.165) is 44.9 Å². The summed E-state index contributed by atoms with van der Waals surface area (Å²) in [7, 11) is -2.33. The molecule has 1 saturated heterocycles. The first-order chi connectivity index (χ1) is 26.6. The van der Waals surface area contributed by atoms with Crippen LogP contribution < -0.4 is 24.8 Å². The lowest BCUT2D eigenvalue weighted by Crippen LogP contribution is -2.60. The summed E-state index contributed by atoms with van der Waals surface area (Å²) in [6, 6.07) is 3.21. The molecule has 16 heteroatoms. The zero-order chi connectivity index (χ0) is 40.0. The fourth-order valence-electron chi connectivity index (χ4n) is 8.46. The van der Waals surface area contributed by atoms with Gasteiger partial charge in [0.15, 0.2) is 0 Å². The highest BCUT2D eigenvalue weighted by Crippen LogP contribution is 2.46. The van der Waals surface area contributed by atoms with E-state index in [2.05, 4.69) is 21.9 Å². The lowest BCUT2D eigenvalue weighted by atomic mass is 9.85. The first-order valence-corrected chi connectivity index (χ1v) is 21.5. The van der Waals surface area contributed by atoms with Gasteiger partial charge >= 0.3 is 6.09 Å². The zero-order valence-corrected chi connectivity index (χ0v) is 33.5. The molecule has 3 aliphatic carbocycles. The molecule has 1 aromatic carbocycles. The SMILES string of the molecule is C=C[C@@H]1C[C@]1(NC(=O)[C@@H]1C[C@@H]2CN1C(=O)[C@H](C(C)(C)C)NC(=O)O[C@@H]1CCC[C@H]1CCCCCc1nc3ccc(OC)cc3nc1O2)C(=O)NS(=O)(=O)C1CC1. The van der Waals surface area contributed by atoms with Crippen LogP contribution in [-0.4, -0.2) is 95.8 Å². The fourth-order valence-corrected chi connectivity index (χ4v) is 9.82. The Morgan fingerprint density at radius 3 is 2.50 bits per heavy atom. The number of carbonyl (C=O) groups excluding carboxylic acids is 4. The standard InChI is InChI=1S/C40H54N6O9S/c1-6-24-21-40(24,37(49)45-56(51,52)27-16-17-27)44-34(47)31-20-26-22-46(31)36(48)33(39(2,3)4)43-38(50)55-32-14-10-12-23(32)11-8-7-9-13-29-35(54-26)42-30-19-25(53-5)15-18-28(30)41-29/h6,15,18-19,23-24,26-27,31-33H,1,7-14,16-17,20-22H2,2-5H3,(H,43,50)(H,44,47)(H,45,49)/t23-,24-,26-,31+,32-,33-,40-/m1/s1. The lowest BCUT2D eigenvalue weighted by molar-refractivity contribution is -0.143. The van der Waals surface area contributed by atoms with Crippen molar-refractivity contribution in [3.05, 3.63) is 36.5 Å². The third kappa shape index (κ3) is 8.30. The van der Waals surface area contributed by atoms with Crippen LogP contribution in [0, 0.1) is 17.3 Å². The van der Waals surface area contributed by atoms with Gasteiger partial charge in [-0.05, 0) is 81.3 Å². The predicted molar refractivity (Wildman–Crippen MR) is 206 cm³/mol. The molecule has 2 bridgehead atoms. The maximum absolute atomic E-state index is 14.7. The summed E-state index contributed by atoms with van der Waals surface area (Å²) in [6.07, 6.45) is 7.81. The third-order valence-corrected chi connectivity index (χ3v) is 13.8. The Morgan fingerprint density at radius 1 is 1.04 bits per heavy atom. The molecule has 3 heterocycles. The summed E-state index contributed by atoms with van der Waals surface area (Å²) in [5.74, 6) is -1.42. The molecule has 7 rings (SSSR count). The molecule has 0 unspecified atom stereocenters. The van der Waals surface area contributed by atoms with E-state index in [1.807, 2.05) is 32.9 Å². The number of hydrogen-bond donors (Lipinski definition) is 3. The number of fused-ring (bicyclic) bond motifs is 5. The minimum absolute atomic E-state index is 0.0245. The highest BCUT2D eigenvalue weighted by atomic mass is 32.2. The summed E-state index contributed by atoms with van der Waals surface area (Å²) in [4.78, 5) is 67.4. The van der Waals surface area contributed by atoms with Crippen molar-refractivity contribution in [1.29, 1.82) is 0 Å². The molecule has 56 heavy (non-hydrogen) atoms. The molecule has 2 aliphatic heterocycles. The number of methoxy groups -OCH3 is 1. The molecule has 3 saturated carbocycles. The lowest BCUT2D eigenvalue weighted by Gasteiger charge is -2.35. The van der Waals surface area contributed by atoms with Gasteiger partial charge in [0.05, 0.1) is 29.9 Å². The van der Waals surface area contributed by atoms with Gasteiger partial charge in [0.2, 0.25) is 27.7 Å². The summed E-state index contributed by atoms with van der Waals surface area (Å²) >= 11 is 0. The number of alkyl carbamates (subject to hydrolysis) is 1. The number of sulfonamides is 1. The van der Waals surface area contributed by atoms with E-state index < -0.39 is 74.1 Å². The highest BCUT2D eigenvalue weighted by Gasteiger charge is 2.62. The predicted octanol–water partition coefficient (Wildman–Crippen LogP) is 4.08. The Kier molecular flexibility index (Phi) is 11.0. The first-order valence-electron chi connectivity index (χ1n) is 19.9. The second kappa shape index (κ2) is 15.5. The normalized spacial score (nSPS) is 30.0. The van der Waals surface area contributed by atoms with Gasteiger partial charge in [-0.1, -0.05) is 39.7 Å². The molecule has 4 amide bonds. The number of nitrogens with one attached hydrogen (secondary N) is 3. The number of carbonyl (C=O) groups is 4. The highest BCUT2D eigenvalue weighted by molar-refractivity contribution is 7.91. The van der Waals surface area contributed by atoms with Crippen LogP contribution in [0.1, 0.15) is 97.1 Å². The largest absolute Gasteiger partial charge is 0.497 e. The zero-order valence-electron chi connectivity index (χ0n) is 32.7. The van der Waals surface area contributed by atoms with Crippen LogP contribution >= 0.6 is 0 Å². The molecule has 3 N–H and O–H groups in total. The van der Waals surface area contributed by atoms with Crippen molar-refractivity contribution in [3.8, 4) is 11.6 Å². The summed E-state index contributed by atoms with van der Waals surface area (Å²) < 4.78 is 45.7. The fraction of sp³-hybridized carbons (Fsp3) is 0.650. The quantitative estimate of drug-likeness (QED) is 0.342. The second-order valence-corrected chi connectivity index (χ2v) is 19.1. The van der Waals surface area contributed by atoms with Crippen molar-refractivity contribution in [3.63, 3.8) is 0 Å². The molecular formula is C40H54N6O9S. The van der Waals surface area contributed by atoms with E-state index in [1.54, 1.807) is 13.2 Å². The van der Waals surface area contributed by atoms with Crippen molar-refractivity contribution in [1.82, 2.24) is 30.2 Å². The Morgan fingerprint density at radius 2 is 1.80 bits per heavy atom. The maximum atomic E-state index is 14.7. The number of amides is 4. The van der Waals surface area contributed by atoms with Gasteiger partial charge in [-0.15, -0.1) is 6.58 Å². The smallest absolute Gasteiger partial charge is 0.408 e. The first kappa shape index (κ1) is 39.8. The minimum atomic E-state index is -3.90. The van der Waals surface area contributed by atoms with Gasteiger partial charge in [-0.25, -0.2) is 23.2 Å². The van der Waals surface area contributed by atoms with Crippen LogP contribution in [0.25, 0.3) is 11.0 Å². The van der Waals surface area contributed by atoms with Gasteiger partial charge in [-0.2, -0.15) is 0 Å². The number of ether oxygens (including phenoxy) is 3. The molecular weight excluding hydrogens is 741 g/mol. The Bertz CT molecular complexity index is 2000. The molecule has 5 aliphatic rings. The van der Waals surface area contributed by atoms with Crippen molar-refractivity contribution < 1.29 is 41.8 Å². The number of aromatic nitrogens is 2. The van der Waals surface area contributed by atoms with E-state index in [9.17, 15) is 27.6 Å². The number of rotatable bonds is 7. The Labute approximate surface area is 328 Å². The van der Waals surface area contributed by atoms with E-state index >= 15 is 0 Å². The number of hydrogen-bond acceptors (Lipinski definition) is 11. The van der Waals surface area contributed by atoms with Crippen molar-refractivity contribution in [2.75, 3.05) is 13.7 Å². The third-order valence-electron chi connectivity index (χ3n) is 12.0. The van der Waals surface area contributed by atoms with E-state index in [0.29, 0.717) is 47.6 Å². The van der Waals surface area contributed by atoms with Gasteiger partial charge in [0.1, 0.15) is 41.3 Å². The van der Waals surface area contributed by atoms with E-state index in [4.69, 9.17) is 24.2 Å². The summed E-state index contributed by atoms with van der Waals surface area (Å²) in [5.41, 5.74) is -0.452. The van der Waals surface area contributed by atoms with Crippen molar-refractivity contribution in [2.24, 2.45) is 17.3 Å². The maximum Gasteiger partial charge on any atom is 0.408 e. The average molecular weight is 795 g/mol. The van der Waals surface area contributed by atoms with Gasteiger partial charge in [-0.3, -0.25) is 19.1 Å². The van der Waals surface area contributed by atoms with E-state index in [-0.39, 0.29) is 31.4 Å². The molecule has 0 spiro atoms. The van der Waals surface area contributed by atoms with Crippen molar-refractivity contribution >= 4 is 44.9 Å². The van der Waals surface area contributed by atoms with Crippen molar-refractivity contribution in [2.45, 2.75) is 133 Å². The number of nitrogens with zero attached hydrogens (tertiary/aromatic N) is 3. The van der Waals surface area contributed by atoms with Crippen LogP contribution in [0.3, 0.4) is 0 Å².